The van der Waals surface area contributed by atoms with E-state index in [1.54, 1.807) is 23.5 Å². The highest BCUT2D eigenvalue weighted by molar-refractivity contribution is 7.14. The van der Waals surface area contributed by atoms with Crippen LogP contribution in [0, 0.1) is 0 Å². The molecule has 74 valence electrons. The number of carbonyl (C=O) groups excluding carboxylic acids is 2. The molecule has 0 N–H and O–H groups in total. The third-order valence-electron chi connectivity index (χ3n) is 2.72. The Bertz CT molecular complexity index is 486. The Balaban J connectivity index is 2.20. The van der Waals surface area contributed by atoms with Crippen LogP contribution in [0.4, 0.5) is 0 Å². The average Bonchev–Trinajstić information content (AvgIpc) is 2.56. The van der Waals surface area contributed by atoms with E-state index in [1.165, 1.54) is 0 Å². The van der Waals surface area contributed by atoms with Gasteiger partial charge < -0.3 is 0 Å². The predicted molar refractivity (Wildman–Crippen MR) is 59.8 cm³/mol. The monoisotopic (exact) mass is 216 g/mol. The second-order valence-electron chi connectivity index (χ2n) is 3.74. The highest BCUT2D eigenvalue weighted by Crippen LogP contribution is 2.35. The van der Waals surface area contributed by atoms with Gasteiger partial charge in [0.1, 0.15) is 0 Å². The van der Waals surface area contributed by atoms with Gasteiger partial charge in [-0.05, 0) is 35.4 Å². The van der Waals surface area contributed by atoms with Gasteiger partial charge in [0.2, 0.25) is 0 Å². The van der Waals surface area contributed by atoms with Crippen LogP contribution in [0.15, 0.2) is 12.2 Å². The van der Waals surface area contributed by atoms with Crippen molar-refractivity contribution in [1.82, 2.24) is 0 Å². The summed E-state index contributed by atoms with van der Waals surface area (Å²) in [5.41, 5.74) is 2.14. The number of ketones is 2. The summed E-state index contributed by atoms with van der Waals surface area (Å²) in [7, 11) is 0. The van der Waals surface area contributed by atoms with Crippen LogP contribution in [0.5, 0.6) is 0 Å². The Hall–Kier alpha value is -1.48. The van der Waals surface area contributed by atoms with E-state index in [1.807, 2.05) is 12.2 Å². The summed E-state index contributed by atoms with van der Waals surface area (Å²) in [6, 6.07) is 0. The first-order valence-electron chi connectivity index (χ1n) is 4.80. The van der Waals surface area contributed by atoms with Crippen LogP contribution in [0.1, 0.15) is 20.9 Å². The number of fused-ring (bicyclic) bond motifs is 3. The van der Waals surface area contributed by atoms with Crippen LogP contribution in [-0.2, 0) is 22.4 Å². The number of hydrogen-bond acceptors (Lipinski definition) is 3. The second-order valence-corrected chi connectivity index (χ2v) is 4.82. The molecule has 2 aliphatic rings. The maximum Gasteiger partial charge on any atom is 0.160 e. The molecule has 0 bridgehead atoms. The lowest BCUT2D eigenvalue weighted by Gasteiger charge is -2.08. The van der Waals surface area contributed by atoms with Gasteiger partial charge in [-0.1, -0.05) is 0 Å². The van der Waals surface area contributed by atoms with E-state index in [9.17, 15) is 9.59 Å². The van der Waals surface area contributed by atoms with Gasteiger partial charge in [-0.3, -0.25) is 9.59 Å². The molecule has 0 atom stereocenters. The molecule has 3 rings (SSSR count). The van der Waals surface area contributed by atoms with Gasteiger partial charge >= 0.3 is 0 Å². The van der Waals surface area contributed by atoms with Crippen LogP contribution < -0.4 is 0 Å². The molecule has 15 heavy (non-hydrogen) atoms. The minimum absolute atomic E-state index is 0.130. The van der Waals surface area contributed by atoms with E-state index in [4.69, 9.17) is 0 Å². The Kier molecular flexibility index (Phi) is 1.76. The van der Waals surface area contributed by atoms with Gasteiger partial charge in [-0.25, -0.2) is 0 Å². The van der Waals surface area contributed by atoms with Gasteiger partial charge in [0.25, 0.3) is 0 Å². The Morgan fingerprint density at radius 1 is 0.800 bits per heavy atom. The number of rotatable bonds is 0. The standard InChI is InChI=1S/C12H8O2S/c13-7-1-3-11-9(5-7)10-6-8(14)2-4-12(10)15-11/h1-4H,5-6H2. The Morgan fingerprint density at radius 3 is 1.73 bits per heavy atom. The zero-order valence-corrected chi connectivity index (χ0v) is 8.76. The van der Waals surface area contributed by atoms with Crippen molar-refractivity contribution in [3.63, 3.8) is 0 Å². The molecule has 0 unspecified atom stereocenters. The summed E-state index contributed by atoms with van der Waals surface area (Å²) < 4.78 is 0. The third kappa shape index (κ3) is 1.31. The molecule has 0 saturated carbocycles. The van der Waals surface area contributed by atoms with Crippen molar-refractivity contribution in [2.75, 3.05) is 0 Å². The Morgan fingerprint density at radius 2 is 1.27 bits per heavy atom. The van der Waals surface area contributed by atoms with Gasteiger partial charge in [0.05, 0.1) is 0 Å². The SMILES string of the molecule is O=C1C=Cc2sc3c(c2C1)CC(=O)C=C3. The fraction of sp³-hybridized carbons (Fsp3) is 0.167. The first-order chi connectivity index (χ1) is 7.24. The molecule has 0 spiro atoms. The minimum atomic E-state index is 0.130. The molecule has 0 radical (unpaired) electrons. The van der Waals surface area contributed by atoms with E-state index >= 15 is 0 Å². The quantitative estimate of drug-likeness (QED) is 0.665. The summed E-state index contributed by atoms with van der Waals surface area (Å²) >= 11 is 1.66. The maximum absolute atomic E-state index is 11.3. The van der Waals surface area contributed by atoms with Gasteiger partial charge in [0, 0.05) is 22.6 Å². The highest BCUT2D eigenvalue weighted by atomic mass is 32.1. The van der Waals surface area contributed by atoms with Gasteiger partial charge in [0.15, 0.2) is 11.6 Å². The molecule has 1 aromatic heterocycles. The van der Waals surface area contributed by atoms with E-state index in [0.717, 1.165) is 20.9 Å². The molecule has 2 aliphatic carbocycles. The van der Waals surface area contributed by atoms with E-state index in [2.05, 4.69) is 0 Å². The molecule has 0 aromatic carbocycles. The van der Waals surface area contributed by atoms with Crippen molar-refractivity contribution < 1.29 is 9.59 Å². The van der Waals surface area contributed by atoms with Crippen molar-refractivity contribution in [3.8, 4) is 0 Å². The lowest BCUT2D eigenvalue weighted by atomic mass is 9.93. The average molecular weight is 216 g/mol. The van der Waals surface area contributed by atoms with Crippen LogP contribution in [-0.4, -0.2) is 11.6 Å². The van der Waals surface area contributed by atoms with Crippen molar-refractivity contribution in [1.29, 1.82) is 0 Å². The Labute approximate surface area is 90.9 Å². The summed E-state index contributed by atoms with van der Waals surface area (Å²) in [5.74, 6) is 0.259. The molecule has 0 aliphatic heterocycles. The van der Waals surface area contributed by atoms with Crippen molar-refractivity contribution in [3.05, 3.63) is 33.0 Å². The first kappa shape index (κ1) is 8.80. The minimum Gasteiger partial charge on any atom is -0.294 e. The third-order valence-corrected chi connectivity index (χ3v) is 3.93. The number of thiophene rings is 1. The van der Waals surface area contributed by atoms with E-state index < -0.39 is 0 Å². The molecule has 0 saturated heterocycles. The number of hydrogen-bond donors (Lipinski definition) is 0. The topological polar surface area (TPSA) is 34.1 Å². The van der Waals surface area contributed by atoms with Crippen molar-refractivity contribution in [2.24, 2.45) is 0 Å². The number of carbonyl (C=O) groups is 2. The molecular weight excluding hydrogens is 208 g/mol. The highest BCUT2D eigenvalue weighted by Gasteiger charge is 2.23. The van der Waals surface area contributed by atoms with Gasteiger partial charge in [-0.15, -0.1) is 11.3 Å². The lowest BCUT2D eigenvalue weighted by Crippen LogP contribution is -2.09. The normalized spacial score (nSPS) is 17.9. The summed E-state index contributed by atoms with van der Waals surface area (Å²) in [6.07, 6.45) is 7.88. The molecule has 2 nitrogen and oxygen atoms in total. The number of allylic oxidation sites excluding steroid dienone is 2. The van der Waals surface area contributed by atoms with Crippen molar-refractivity contribution >= 4 is 35.1 Å². The van der Waals surface area contributed by atoms with Gasteiger partial charge in [-0.2, -0.15) is 0 Å². The van der Waals surface area contributed by atoms with Crippen LogP contribution in [0.25, 0.3) is 12.2 Å². The van der Waals surface area contributed by atoms with Crippen LogP contribution in [0.3, 0.4) is 0 Å². The lowest BCUT2D eigenvalue weighted by molar-refractivity contribution is -0.115. The van der Waals surface area contributed by atoms with E-state index in [0.29, 0.717) is 12.8 Å². The molecule has 1 aromatic rings. The van der Waals surface area contributed by atoms with Crippen LogP contribution >= 0.6 is 11.3 Å². The fourth-order valence-electron chi connectivity index (χ4n) is 2.00. The molecular formula is C12H8O2S. The maximum atomic E-state index is 11.3. The predicted octanol–water partition coefficient (Wildman–Crippen LogP) is 2.02. The van der Waals surface area contributed by atoms with Crippen molar-refractivity contribution in [2.45, 2.75) is 12.8 Å². The molecule has 3 heteroatoms. The summed E-state index contributed by atoms with van der Waals surface area (Å²) in [5, 5.41) is 0. The zero-order chi connectivity index (χ0) is 10.4. The van der Waals surface area contributed by atoms with E-state index in [-0.39, 0.29) is 11.6 Å². The molecule has 0 amide bonds. The summed E-state index contributed by atoms with van der Waals surface area (Å²) in [6.45, 7) is 0. The fourth-order valence-corrected chi connectivity index (χ4v) is 3.15. The molecule has 0 fully saturated rings. The largest absolute Gasteiger partial charge is 0.294 e. The zero-order valence-electron chi connectivity index (χ0n) is 7.95. The molecule has 1 heterocycles. The smallest absolute Gasteiger partial charge is 0.160 e. The first-order valence-corrected chi connectivity index (χ1v) is 5.62. The van der Waals surface area contributed by atoms with Crippen LogP contribution in [0.2, 0.25) is 0 Å². The summed E-state index contributed by atoms with van der Waals surface area (Å²) in [4.78, 5) is 24.9. The second kappa shape index (κ2) is 3.00.